The van der Waals surface area contributed by atoms with Gasteiger partial charge in [0.2, 0.25) is 5.91 Å². The first-order chi connectivity index (χ1) is 9.90. The summed E-state index contributed by atoms with van der Waals surface area (Å²) in [7, 11) is 0. The van der Waals surface area contributed by atoms with Gasteiger partial charge in [-0.2, -0.15) is 0 Å². The van der Waals surface area contributed by atoms with Crippen LogP contribution in [0.1, 0.15) is 18.1 Å². The minimum Gasteiger partial charge on any atom is -0.480 e. The van der Waals surface area contributed by atoms with Gasteiger partial charge in [-0.1, -0.05) is 24.3 Å². The second-order valence-electron chi connectivity index (χ2n) is 5.02. The molecule has 0 aliphatic carbocycles. The van der Waals surface area contributed by atoms with Crippen LogP contribution in [0.25, 0.3) is 0 Å². The third kappa shape index (κ3) is 3.13. The van der Waals surface area contributed by atoms with Gasteiger partial charge in [0.25, 0.3) is 0 Å². The van der Waals surface area contributed by atoms with E-state index in [-0.39, 0.29) is 13.0 Å². The highest BCUT2D eigenvalue weighted by atomic mass is 16.4. The molecule has 1 aliphatic heterocycles. The highest BCUT2D eigenvalue weighted by Gasteiger charge is 2.36. The van der Waals surface area contributed by atoms with Gasteiger partial charge in [-0.25, -0.2) is 9.59 Å². The Labute approximate surface area is 121 Å². The van der Waals surface area contributed by atoms with Crippen molar-refractivity contribution in [3.05, 3.63) is 35.4 Å². The summed E-state index contributed by atoms with van der Waals surface area (Å²) in [6.07, 6.45) is 0.251. The number of urea groups is 1. The van der Waals surface area contributed by atoms with E-state index in [1.165, 1.54) is 11.8 Å². The fourth-order valence-corrected chi connectivity index (χ4v) is 2.50. The molecule has 0 saturated heterocycles. The predicted octanol–water partition coefficient (Wildman–Crippen LogP) is 0.0813. The number of carboxylic acid groups (broad SMARTS) is 1. The topological polar surface area (TPSA) is 113 Å². The molecule has 0 spiro atoms. The van der Waals surface area contributed by atoms with Crippen molar-refractivity contribution >= 4 is 17.9 Å². The Morgan fingerprint density at radius 3 is 2.52 bits per heavy atom. The van der Waals surface area contributed by atoms with Gasteiger partial charge in [-0.15, -0.1) is 0 Å². The number of carbonyl (C=O) groups is 3. The van der Waals surface area contributed by atoms with E-state index in [9.17, 15) is 19.5 Å². The van der Waals surface area contributed by atoms with Crippen molar-refractivity contribution in [2.24, 2.45) is 5.73 Å². The zero-order chi connectivity index (χ0) is 15.6. The van der Waals surface area contributed by atoms with E-state index in [0.717, 1.165) is 11.1 Å². The average Bonchev–Trinajstić information content (AvgIpc) is 2.44. The van der Waals surface area contributed by atoms with Crippen LogP contribution in [0.4, 0.5) is 4.79 Å². The first-order valence-corrected chi connectivity index (χ1v) is 6.56. The summed E-state index contributed by atoms with van der Waals surface area (Å²) in [4.78, 5) is 35.9. The number of nitrogens with two attached hydrogens (primary N) is 1. The molecule has 1 aromatic carbocycles. The maximum absolute atomic E-state index is 12.4. The van der Waals surface area contributed by atoms with Gasteiger partial charge in [-0.05, 0) is 18.1 Å². The molecule has 0 fully saturated rings. The van der Waals surface area contributed by atoms with Crippen molar-refractivity contribution < 1.29 is 19.5 Å². The maximum Gasteiger partial charge on any atom is 0.326 e. The molecule has 4 N–H and O–H groups in total. The number of rotatable bonds is 3. The van der Waals surface area contributed by atoms with E-state index in [2.05, 4.69) is 5.32 Å². The molecule has 3 amide bonds. The Morgan fingerprint density at radius 2 is 1.95 bits per heavy atom. The Hall–Kier alpha value is -2.57. The molecule has 2 atom stereocenters. The second kappa shape index (κ2) is 5.82. The lowest BCUT2D eigenvalue weighted by atomic mass is 9.93. The summed E-state index contributed by atoms with van der Waals surface area (Å²) in [5.74, 6) is -1.53. The normalized spacial score (nSPS) is 18.5. The fourth-order valence-electron chi connectivity index (χ4n) is 2.50. The Bertz CT molecular complexity index is 587. The SMILES string of the molecule is CC(NC(N)=O)C(=O)N1Cc2ccccc2C[C@H]1C(=O)O. The van der Waals surface area contributed by atoms with Crippen molar-refractivity contribution in [3.63, 3.8) is 0 Å². The molecule has 0 bridgehead atoms. The third-order valence-electron chi connectivity index (χ3n) is 3.55. The molecular weight excluding hydrogens is 274 g/mol. The summed E-state index contributed by atoms with van der Waals surface area (Å²) in [5, 5.41) is 11.6. The van der Waals surface area contributed by atoms with Gasteiger partial charge in [0.05, 0.1) is 0 Å². The summed E-state index contributed by atoms with van der Waals surface area (Å²) in [6, 6.07) is 4.78. The lowest BCUT2D eigenvalue weighted by molar-refractivity contribution is -0.152. The van der Waals surface area contributed by atoms with Gasteiger partial charge in [-0.3, -0.25) is 4.79 Å². The Balaban J connectivity index is 2.26. The van der Waals surface area contributed by atoms with Crippen molar-refractivity contribution in [2.45, 2.75) is 32.0 Å². The van der Waals surface area contributed by atoms with E-state index >= 15 is 0 Å². The number of benzene rings is 1. The highest BCUT2D eigenvalue weighted by molar-refractivity contribution is 5.90. The number of nitrogens with one attached hydrogen (secondary N) is 1. The Kier molecular flexibility index (Phi) is 4.11. The minimum absolute atomic E-state index is 0.205. The lowest BCUT2D eigenvalue weighted by Crippen LogP contribution is -2.55. The fraction of sp³-hybridized carbons (Fsp3) is 0.357. The first kappa shape index (κ1) is 14.8. The first-order valence-electron chi connectivity index (χ1n) is 6.56. The van der Waals surface area contributed by atoms with Crippen LogP contribution < -0.4 is 11.1 Å². The zero-order valence-electron chi connectivity index (χ0n) is 11.6. The molecule has 1 unspecified atom stereocenters. The average molecular weight is 291 g/mol. The quantitative estimate of drug-likeness (QED) is 0.732. The van der Waals surface area contributed by atoms with Crippen molar-refractivity contribution in [3.8, 4) is 0 Å². The molecule has 1 heterocycles. The molecule has 1 aromatic rings. The van der Waals surface area contributed by atoms with Crippen molar-refractivity contribution in [2.75, 3.05) is 0 Å². The van der Waals surface area contributed by atoms with E-state index in [4.69, 9.17) is 5.73 Å². The van der Waals surface area contributed by atoms with E-state index < -0.39 is 30.0 Å². The summed E-state index contributed by atoms with van der Waals surface area (Å²) in [5.41, 5.74) is 6.83. The molecule has 7 heteroatoms. The van der Waals surface area contributed by atoms with Gasteiger partial charge >= 0.3 is 12.0 Å². The smallest absolute Gasteiger partial charge is 0.326 e. The number of primary amides is 1. The predicted molar refractivity (Wildman–Crippen MR) is 74.3 cm³/mol. The van der Waals surface area contributed by atoms with Crippen LogP contribution in [0.2, 0.25) is 0 Å². The molecule has 2 rings (SSSR count). The number of amides is 3. The number of carboxylic acids is 1. The molecule has 0 aromatic heterocycles. The highest BCUT2D eigenvalue weighted by Crippen LogP contribution is 2.24. The van der Waals surface area contributed by atoms with Crippen molar-refractivity contribution in [1.82, 2.24) is 10.2 Å². The largest absolute Gasteiger partial charge is 0.480 e. The lowest BCUT2D eigenvalue weighted by Gasteiger charge is -2.36. The minimum atomic E-state index is -1.07. The second-order valence-corrected chi connectivity index (χ2v) is 5.02. The molecule has 0 radical (unpaired) electrons. The van der Waals surface area contributed by atoms with Gasteiger partial charge in [0.15, 0.2) is 0 Å². The molecule has 7 nitrogen and oxygen atoms in total. The van der Waals surface area contributed by atoms with E-state index in [1.807, 2.05) is 24.3 Å². The molecule has 21 heavy (non-hydrogen) atoms. The van der Waals surface area contributed by atoms with E-state index in [0.29, 0.717) is 0 Å². The number of aliphatic carboxylic acids is 1. The number of fused-ring (bicyclic) bond motifs is 1. The number of hydrogen-bond donors (Lipinski definition) is 3. The van der Waals surface area contributed by atoms with Gasteiger partial charge < -0.3 is 21.1 Å². The van der Waals surface area contributed by atoms with Crippen molar-refractivity contribution in [1.29, 1.82) is 0 Å². The van der Waals surface area contributed by atoms with Gasteiger partial charge in [0, 0.05) is 13.0 Å². The summed E-state index contributed by atoms with van der Waals surface area (Å²) >= 11 is 0. The van der Waals surface area contributed by atoms with Crippen LogP contribution in [-0.4, -0.2) is 40.0 Å². The monoisotopic (exact) mass is 291 g/mol. The maximum atomic E-state index is 12.4. The number of nitrogens with zero attached hydrogens (tertiary/aromatic N) is 1. The molecular formula is C14H17N3O4. The zero-order valence-corrected chi connectivity index (χ0v) is 11.6. The van der Waals surface area contributed by atoms with Crippen LogP contribution in [-0.2, 0) is 22.6 Å². The van der Waals surface area contributed by atoms with Crippen LogP contribution in [0, 0.1) is 0 Å². The van der Waals surface area contributed by atoms with Crippen LogP contribution in [0.15, 0.2) is 24.3 Å². The summed E-state index contributed by atoms with van der Waals surface area (Å²) in [6.45, 7) is 1.68. The summed E-state index contributed by atoms with van der Waals surface area (Å²) < 4.78 is 0. The molecule has 112 valence electrons. The third-order valence-corrected chi connectivity index (χ3v) is 3.55. The number of hydrogen-bond acceptors (Lipinski definition) is 3. The van der Waals surface area contributed by atoms with Crippen LogP contribution >= 0.6 is 0 Å². The van der Waals surface area contributed by atoms with Crippen LogP contribution in [0.3, 0.4) is 0 Å². The van der Waals surface area contributed by atoms with Gasteiger partial charge in [0.1, 0.15) is 12.1 Å². The number of carbonyl (C=O) groups excluding carboxylic acids is 2. The standard InChI is InChI=1S/C14H17N3O4/c1-8(16-14(15)21)12(18)17-7-10-5-3-2-4-9(10)6-11(17)13(19)20/h2-5,8,11H,6-7H2,1H3,(H,19,20)(H3,15,16,21)/t8?,11-/m0/s1. The Morgan fingerprint density at radius 1 is 1.33 bits per heavy atom. The van der Waals surface area contributed by atoms with E-state index in [1.54, 1.807) is 0 Å². The molecule has 0 saturated carbocycles. The van der Waals surface area contributed by atoms with Crippen LogP contribution in [0.5, 0.6) is 0 Å². The molecule has 1 aliphatic rings.